The lowest BCUT2D eigenvalue weighted by atomic mass is 10.00. The molecule has 1 heterocycles. The highest BCUT2D eigenvalue weighted by Gasteiger charge is 2.37. The van der Waals surface area contributed by atoms with Crippen LogP contribution in [0.4, 0.5) is 0 Å². The monoisotopic (exact) mass is 935 g/mol. The third-order valence-corrected chi connectivity index (χ3v) is 10.5. The number of benzene rings is 1. The second kappa shape index (κ2) is 27.4. The highest BCUT2D eigenvalue weighted by Crippen LogP contribution is 2.19. The smallest absolute Gasteiger partial charge is 0.303 e. The normalized spacial score (nSPS) is 17.6. The average Bonchev–Trinajstić information content (AvgIpc) is 3.23. The molecule has 7 amide bonds. The van der Waals surface area contributed by atoms with E-state index in [-0.39, 0.29) is 56.6 Å². The van der Waals surface area contributed by atoms with Crippen LogP contribution >= 0.6 is 0 Å². The lowest BCUT2D eigenvalue weighted by molar-refractivity contribution is -0.215. The Kier molecular flexibility index (Phi) is 23.2. The van der Waals surface area contributed by atoms with Crippen molar-refractivity contribution in [1.82, 2.24) is 37.0 Å². The summed E-state index contributed by atoms with van der Waals surface area (Å²) in [6, 6.07) is -3.55. The van der Waals surface area contributed by atoms with Crippen molar-refractivity contribution >= 4 is 53.3 Å². The van der Waals surface area contributed by atoms with E-state index >= 15 is 0 Å². The maximum Gasteiger partial charge on any atom is 0.303 e. The molecule has 9 atom stereocenters. The summed E-state index contributed by atoms with van der Waals surface area (Å²) in [5.41, 5.74) is 22.6. The summed E-state index contributed by atoms with van der Waals surface area (Å²) in [5, 5.41) is 46.9. The maximum absolute atomic E-state index is 13.9. The van der Waals surface area contributed by atoms with Crippen LogP contribution in [0.3, 0.4) is 0 Å². The molecule has 24 nitrogen and oxygen atoms in total. The van der Waals surface area contributed by atoms with Gasteiger partial charge in [0.25, 0.3) is 0 Å². The number of nitrogens with zero attached hydrogens (tertiary/aromatic N) is 2. The number of phenols is 1. The first-order valence-electron chi connectivity index (χ1n) is 21.9. The molecule has 0 aromatic heterocycles. The molecule has 1 aliphatic heterocycles. The van der Waals surface area contributed by atoms with Crippen molar-refractivity contribution in [3.05, 3.63) is 29.8 Å². The zero-order valence-corrected chi connectivity index (χ0v) is 38.5. The van der Waals surface area contributed by atoms with E-state index in [1.807, 2.05) is 13.8 Å². The van der Waals surface area contributed by atoms with Crippen LogP contribution in [0.15, 0.2) is 29.3 Å². The van der Waals surface area contributed by atoms with Gasteiger partial charge in [-0.15, -0.1) is 0 Å². The quantitative estimate of drug-likeness (QED) is 0.0233. The van der Waals surface area contributed by atoms with Gasteiger partial charge < -0.3 is 70.2 Å². The Morgan fingerprint density at radius 1 is 0.788 bits per heavy atom. The predicted octanol–water partition coefficient (Wildman–Crippen LogP) is -3.32. The number of phenolic OH excluding ortho intramolecular Hbond substituents is 1. The molecule has 1 fully saturated rings. The first-order chi connectivity index (χ1) is 30.9. The van der Waals surface area contributed by atoms with E-state index in [2.05, 4.69) is 36.9 Å². The van der Waals surface area contributed by atoms with E-state index in [9.17, 15) is 53.7 Å². The molecule has 0 bridgehead atoms. The average molecular weight is 935 g/mol. The number of aliphatic imine (C=N–C) groups is 1. The molecule has 24 heteroatoms. The molecule has 2 rings (SSSR count). The number of hydrogen-bond acceptors (Lipinski definition) is 14. The second-order valence-corrected chi connectivity index (χ2v) is 17.1. The van der Waals surface area contributed by atoms with Gasteiger partial charge in [-0.25, -0.2) is 0 Å². The van der Waals surface area contributed by atoms with E-state index < -0.39 is 114 Å². The van der Waals surface area contributed by atoms with Crippen molar-refractivity contribution in [2.24, 2.45) is 39.8 Å². The Labute approximate surface area is 384 Å². The Morgan fingerprint density at radius 3 is 1.95 bits per heavy atom. The summed E-state index contributed by atoms with van der Waals surface area (Å²) in [5.74, 6) is -7.54. The number of nitrogens with one attached hydrogen (secondary N) is 6. The van der Waals surface area contributed by atoms with Crippen molar-refractivity contribution in [3.8, 4) is 5.75 Å². The van der Waals surface area contributed by atoms with Crippen LogP contribution < -0.4 is 54.8 Å². The van der Waals surface area contributed by atoms with E-state index in [0.717, 1.165) is 0 Å². The number of hydrogen-bond donors (Lipinski definition) is 13. The minimum absolute atomic E-state index is 0.0191. The van der Waals surface area contributed by atoms with Gasteiger partial charge in [0.15, 0.2) is 5.96 Å². The van der Waals surface area contributed by atoms with Crippen molar-refractivity contribution < 1.29 is 58.5 Å². The molecule has 1 saturated heterocycles. The van der Waals surface area contributed by atoms with Crippen molar-refractivity contribution in [2.45, 2.75) is 141 Å². The highest BCUT2D eigenvalue weighted by atomic mass is 16.7. The van der Waals surface area contributed by atoms with Gasteiger partial charge >= 0.3 is 5.97 Å². The number of primary amides is 1. The zero-order valence-electron chi connectivity index (χ0n) is 38.5. The third-order valence-electron chi connectivity index (χ3n) is 10.5. The number of aliphatic hydroxyl groups excluding tert-OH is 1. The summed E-state index contributed by atoms with van der Waals surface area (Å²) in [7, 11) is 0. The topological polar surface area (TPSA) is 398 Å². The van der Waals surface area contributed by atoms with Gasteiger partial charge in [0.05, 0.1) is 18.8 Å². The molecule has 0 saturated carbocycles. The molecule has 1 aromatic rings. The molecule has 0 unspecified atom stereocenters. The Balaban J connectivity index is 2.27. The molecule has 66 heavy (non-hydrogen) atoms. The molecule has 1 aromatic carbocycles. The largest absolute Gasteiger partial charge is 0.508 e. The summed E-state index contributed by atoms with van der Waals surface area (Å²) < 4.78 is 0. The number of nitrogens with two attached hydrogens (primary N) is 4. The molecule has 370 valence electrons. The van der Waals surface area contributed by atoms with Crippen LogP contribution in [-0.2, 0) is 49.6 Å². The van der Waals surface area contributed by atoms with Crippen molar-refractivity contribution in [2.75, 3.05) is 19.7 Å². The SMILES string of the molecule is CC(C)C[C@H](C(=O)N[C@H](C)C(N)=O)N1C[C@@H](NC(=O)[C@@H](CCC(=O)O)NC(=O)[C@H](NC(=O)[C@H](NC(=O)[C@@H](Cc2ccc(O)cc2)NC(=O)[C@H](N)CCCN=C(N)N)[C@@H](C)O)C(C)C)CCO1. The second-order valence-electron chi connectivity index (χ2n) is 17.1. The first-order valence-corrected chi connectivity index (χ1v) is 21.9. The summed E-state index contributed by atoms with van der Waals surface area (Å²) in [6.45, 7) is 9.93. The predicted molar refractivity (Wildman–Crippen MR) is 240 cm³/mol. The van der Waals surface area contributed by atoms with Crippen LogP contribution in [0.25, 0.3) is 0 Å². The number of aliphatic carboxylic acids is 1. The number of aliphatic hydroxyl groups is 1. The van der Waals surface area contributed by atoms with Crippen LogP contribution in [0.1, 0.15) is 85.6 Å². The van der Waals surface area contributed by atoms with E-state index in [1.165, 1.54) is 43.2 Å². The lowest BCUT2D eigenvalue weighted by Gasteiger charge is -2.38. The van der Waals surface area contributed by atoms with Crippen LogP contribution in [0.2, 0.25) is 0 Å². The van der Waals surface area contributed by atoms with Gasteiger partial charge in [0.1, 0.15) is 42.0 Å². The number of carboxylic acid groups (broad SMARTS) is 1. The van der Waals surface area contributed by atoms with Crippen molar-refractivity contribution in [1.29, 1.82) is 0 Å². The molecule has 17 N–H and O–H groups in total. The summed E-state index contributed by atoms with van der Waals surface area (Å²) >= 11 is 0. The van der Waals surface area contributed by atoms with Gasteiger partial charge in [-0.1, -0.05) is 39.8 Å². The van der Waals surface area contributed by atoms with Gasteiger partial charge in [-0.3, -0.25) is 48.2 Å². The molecule has 0 radical (unpaired) electrons. The van der Waals surface area contributed by atoms with E-state index in [0.29, 0.717) is 24.8 Å². The molecule has 0 spiro atoms. The standard InChI is InChI=1S/C42H70N12O12/c1-21(2)18-31(39(63)48-23(5)35(44)59)54-20-26(15-17-66-54)49-37(61)29(13-14-32(57)58)50-40(64)33(22(3)4)52-41(65)34(24(6)55)53-38(62)30(19-25-9-11-27(56)12-10-25)51-36(60)28(43)8-7-16-47-42(45)46/h9-12,21-24,26,28-31,33-34,55-56H,7-8,13-20,43H2,1-6H3,(H2,44,59)(H,48,63)(H,49,61)(H,50,64)(H,51,60)(H,52,65)(H,53,62)(H,57,58)(H4,45,46,47)/t23-,24-,26+,28-,29-,30-,31-,33-,34-/m1/s1. The van der Waals surface area contributed by atoms with Crippen LogP contribution in [-0.4, -0.2) is 148 Å². The van der Waals surface area contributed by atoms with Gasteiger partial charge in [-0.2, -0.15) is 5.06 Å². The van der Waals surface area contributed by atoms with Gasteiger partial charge in [0.2, 0.25) is 41.4 Å². The van der Waals surface area contributed by atoms with E-state index in [4.69, 9.17) is 27.8 Å². The minimum atomic E-state index is -1.68. The molecule has 1 aliphatic rings. The number of guanidine groups is 1. The maximum atomic E-state index is 13.9. The first kappa shape index (κ1) is 56.0. The fourth-order valence-corrected chi connectivity index (χ4v) is 6.73. The molecular weight excluding hydrogens is 865 g/mol. The van der Waals surface area contributed by atoms with E-state index in [1.54, 1.807) is 13.8 Å². The summed E-state index contributed by atoms with van der Waals surface area (Å²) in [4.78, 5) is 115. The lowest BCUT2D eigenvalue weighted by Crippen LogP contribution is -2.62. The zero-order chi connectivity index (χ0) is 49.8. The van der Waals surface area contributed by atoms with Crippen molar-refractivity contribution in [3.63, 3.8) is 0 Å². The fraction of sp³-hybridized carbons (Fsp3) is 0.643. The number of rotatable bonds is 27. The molecular formula is C42H70N12O12. The van der Waals surface area contributed by atoms with Crippen LogP contribution in [0.5, 0.6) is 5.75 Å². The number of aromatic hydroxyl groups is 1. The minimum Gasteiger partial charge on any atom is -0.508 e. The highest BCUT2D eigenvalue weighted by molar-refractivity contribution is 5.96. The number of carbonyl (C=O) groups is 8. The molecule has 0 aliphatic carbocycles. The number of hydroxylamine groups is 2. The Morgan fingerprint density at radius 2 is 1.39 bits per heavy atom. The van der Waals surface area contributed by atoms with Crippen LogP contribution in [0, 0.1) is 11.8 Å². The Hall–Kier alpha value is -6.11. The Bertz CT molecular complexity index is 1840. The number of carbonyl (C=O) groups excluding carboxylic acids is 7. The van der Waals surface area contributed by atoms with Gasteiger partial charge in [-0.05, 0) is 75.5 Å². The fourth-order valence-electron chi connectivity index (χ4n) is 6.73. The number of amides is 7. The van der Waals surface area contributed by atoms with Gasteiger partial charge in [0, 0.05) is 32.0 Å². The number of carboxylic acids is 1. The third kappa shape index (κ3) is 19.6. The summed E-state index contributed by atoms with van der Waals surface area (Å²) in [6.07, 6.45) is -1.42.